The minimum absolute atomic E-state index is 0.0495. The molecule has 1 atom stereocenters. The average molecular weight is 351 g/mol. The van der Waals surface area contributed by atoms with E-state index in [1.807, 2.05) is 29.5 Å². The standard InChI is InChI=1S/C12H15FINO2/c1-3-9(7-17-2)15-12(16)10-6-8(13)4-5-11(10)14/h4-6,9H,3,7H2,1-2H3,(H,15,16). The van der Waals surface area contributed by atoms with Gasteiger partial charge in [0.05, 0.1) is 18.2 Å². The summed E-state index contributed by atoms with van der Waals surface area (Å²) in [4.78, 5) is 11.9. The van der Waals surface area contributed by atoms with Gasteiger partial charge in [0.25, 0.3) is 5.91 Å². The molecule has 0 aromatic heterocycles. The molecular weight excluding hydrogens is 336 g/mol. The summed E-state index contributed by atoms with van der Waals surface area (Å²) in [6.45, 7) is 2.41. The van der Waals surface area contributed by atoms with Crippen LogP contribution in [-0.4, -0.2) is 25.7 Å². The van der Waals surface area contributed by atoms with Gasteiger partial charge in [-0.2, -0.15) is 0 Å². The number of methoxy groups -OCH3 is 1. The van der Waals surface area contributed by atoms with Crippen molar-refractivity contribution in [2.75, 3.05) is 13.7 Å². The molecule has 3 nitrogen and oxygen atoms in total. The van der Waals surface area contributed by atoms with Gasteiger partial charge in [0.2, 0.25) is 0 Å². The molecule has 94 valence electrons. The van der Waals surface area contributed by atoms with Gasteiger partial charge in [-0.05, 0) is 47.2 Å². The molecule has 0 radical (unpaired) electrons. The van der Waals surface area contributed by atoms with E-state index in [0.29, 0.717) is 12.2 Å². The molecule has 1 amide bonds. The Morgan fingerprint density at radius 3 is 2.88 bits per heavy atom. The van der Waals surface area contributed by atoms with E-state index in [-0.39, 0.29) is 11.9 Å². The molecule has 0 heterocycles. The lowest BCUT2D eigenvalue weighted by atomic mass is 10.1. The molecule has 5 heteroatoms. The van der Waals surface area contributed by atoms with Crippen LogP contribution in [0.2, 0.25) is 0 Å². The maximum absolute atomic E-state index is 13.1. The summed E-state index contributed by atoms with van der Waals surface area (Å²) in [5.74, 6) is -0.673. The normalized spacial score (nSPS) is 12.2. The van der Waals surface area contributed by atoms with Gasteiger partial charge < -0.3 is 10.1 Å². The zero-order chi connectivity index (χ0) is 12.8. The summed E-state index contributed by atoms with van der Waals surface area (Å²) >= 11 is 2.01. The van der Waals surface area contributed by atoms with E-state index in [2.05, 4.69) is 5.32 Å². The monoisotopic (exact) mass is 351 g/mol. The first-order valence-corrected chi connectivity index (χ1v) is 6.41. The van der Waals surface area contributed by atoms with Gasteiger partial charge >= 0.3 is 0 Å². The van der Waals surface area contributed by atoms with E-state index in [0.717, 1.165) is 9.99 Å². The van der Waals surface area contributed by atoms with Crippen LogP contribution in [0.1, 0.15) is 23.7 Å². The van der Waals surface area contributed by atoms with Crippen LogP contribution in [0.4, 0.5) is 4.39 Å². The number of ether oxygens (including phenoxy) is 1. The van der Waals surface area contributed by atoms with Crippen molar-refractivity contribution in [3.05, 3.63) is 33.1 Å². The highest BCUT2D eigenvalue weighted by Crippen LogP contribution is 2.14. The summed E-state index contributed by atoms with van der Waals surface area (Å²) in [5.41, 5.74) is 0.361. The number of hydrogen-bond donors (Lipinski definition) is 1. The predicted molar refractivity (Wildman–Crippen MR) is 72.5 cm³/mol. The van der Waals surface area contributed by atoms with Crippen LogP contribution in [0.25, 0.3) is 0 Å². The average Bonchev–Trinajstić information content (AvgIpc) is 2.31. The van der Waals surface area contributed by atoms with Gasteiger partial charge in [-0.1, -0.05) is 6.92 Å². The lowest BCUT2D eigenvalue weighted by Crippen LogP contribution is -2.37. The maximum Gasteiger partial charge on any atom is 0.252 e. The quantitative estimate of drug-likeness (QED) is 0.829. The van der Waals surface area contributed by atoms with Crippen molar-refractivity contribution in [2.45, 2.75) is 19.4 Å². The van der Waals surface area contributed by atoms with E-state index in [9.17, 15) is 9.18 Å². The van der Waals surface area contributed by atoms with Gasteiger partial charge in [0.15, 0.2) is 0 Å². The highest BCUT2D eigenvalue weighted by molar-refractivity contribution is 14.1. The van der Waals surface area contributed by atoms with E-state index < -0.39 is 5.82 Å². The van der Waals surface area contributed by atoms with Gasteiger partial charge in [-0.3, -0.25) is 4.79 Å². The fourth-order valence-corrected chi connectivity index (χ4v) is 1.98. The Morgan fingerprint density at radius 2 is 2.29 bits per heavy atom. The molecule has 0 saturated heterocycles. The third-order valence-corrected chi connectivity index (χ3v) is 3.31. The Bertz CT molecular complexity index is 398. The third-order valence-electron chi connectivity index (χ3n) is 2.37. The SMILES string of the molecule is CCC(COC)NC(=O)c1cc(F)ccc1I. The Kier molecular flexibility index (Phi) is 5.84. The molecule has 1 N–H and O–H groups in total. The van der Waals surface area contributed by atoms with Gasteiger partial charge in [0, 0.05) is 10.7 Å². The number of benzene rings is 1. The van der Waals surface area contributed by atoms with Crippen molar-refractivity contribution in [3.8, 4) is 0 Å². The molecule has 0 aliphatic rings. The van der Waals surface area contributed by atoms with Crippen LogP contribution in [0.15, 0.2) is 18.2 Å². The van der Waals surface area contributed by atoms with E-state index >= 15 is 0 Å². The van der Waals surface area contributed by atoms with Gasteiger partial charge in [-0.25, -0.2) is 4.39 Å². The smallest absolute Gasteiger partial charge is 0.252 e. The number of carbonyl (C=O) groups excluding carboxylic acids is 1. The second-order valence-electron chi connectivity index (χ2n) is 3.66. The van der Waals surface area contributed by atoms with Crippen molar-refractivity contribution < 1.29 is 13.9 Å². The molecular formula is C12H15FINO2. The Balaban J connectivity index is 2.78. The summed E-state index contributed by atoms with van der Waals surface area (Å²) in [7, 11) is 1.58. The van der Waals surface area contributed by atoms with Crippen molar-refractivity contribution >= 4 is 28.5 Å². The first-order valence-electron chi connectivity index (χ1n) is 5.33. The highest BCUT2D eigenvalue weighted by atomic mass is 127. The fraction of sp³-hybridized carbons (Fsp3) is 0.417. The minimum atomic E-state index is -0.407. The van der Waals surface area contributed by atoms with Crippen molar-refractivity contribution in [1.29, 1.82) is 0 Å². The van der Waals surface area contributed by atoms with Gasteiger partial charge in [0.1, 0.15) is 5.82 Å². The highest BCUT2D eigenvalue weighted by Gasteiger charge is 2.15. The second kappa shape index (κ2) is 6.90. The van der Waals surface area contributed by atoms with Crippen molar-refractivity contribution in [1.82, 2.24) is 5.32 Å². The summed E-state index contributed by atoms with van der Waals surface area (Å²) in [6.07, 6.45) is 0.769. The molecule has 1 aromatic carbocycles. The first-order chi connectivity index (χ1) is 8.08. The van der Waals surface area contributed by atoms with Crippen LogP contribution in [0, 0.1) is 9.39 Å². The number of nitrogens with one attached hydrogen (secondary N) is 1. The number of hydrogen-bond acceptors (Lipinski definition) is 2. The van der Waals surface area contributed by atoms with E-state index in [1.165, 1.54) is 12.1 Å². The predicted octanol–water partition coefficient (Wildman–Crippen LogP) is 2.59. The van der Waals surface area contributed by atoms with Gasteiger partial charge in [-0.15, -0.1) is 0 Å². The second-order valence-corrected chi connectivity index (χ2v) is 4.82. The van der Waals surface area contributed by atoms with Crippen LogP contribution in [-0.2, 0) is 4.74 Å². The number of amides is 1. The Morgan fingerprint density at radius 1 is 1.59 bits per heavy atom. The fourth-order valence-electron chi connectivity index (χ4n) is 1.40. The van der Waals surface area contributed by atoms with E-state index in [1.54, 1.807) is 13.2 Å². The van der Waals surface area contributed by atoms with Crippen LogP contribution < -0.4 is 5.32 Å². The molecule has 0 bridgehead atoms. The lowest BCUT2D eigenvalue weighted by Gasteiger charge is -2.16. The number of rotatable bonds is 5. The molecule has 17 heavy (non-hydrogen) atoms. The Labute approximate surface area is 114 Å². The van der Waals surface area contributed by atoms with Crippen molar-refractivity contribution in [2.24, 2.45) is 0 Å². The van der Waals surface area contributed by atoms with Crippen LogP contribution in [0.3, 0.4) is 0 Å². The topological polar surface area (TPSA) is 38.3 Å². The molecule has 1 rings (SSSR count). The zero-order valence-corrected chi connectivity index (χ0v) is 12.0. The molecule has 0 aliphatic heterocycles. The molecule has 0 aliphatic carbocycles. The summed E-state index contributed by atoms with van der Waals surface area (Å²) in [5, 5.41) is 2.82. The first kappa shape index (κ1) is 14.4. The summed E-state index contributed by atoms with van der Waals surface area (Å²) in [6, 6.07) is 4.12. The minimum Gasteiger partial charge on any atom is -0.383 e. The third kappa shape index (κ3) is 4.23. The lowest BCUT2D eigenvalue weighted by molar-refractivity contribution is 0.0893. The van der Waals surface area contributed by atoms with Crippen LogP contribution in [0.5, 0.6) is 0 Å². The van der Waals surface area contributed by atoms with Crippen molar-refractivity contribution in [3.63, 3.8) is 0 Å². The zero-order valence-electron chi connectivity index (χ0n) is 9.80. The summed E-state index contributed by atoms with van der Waals surface area (Å²) < 4.78 is 18.8. The molecule has 0 fully saturated rings. The molecule has 0 spiro atoms. The molecule has 1 unspecified atom stereocenters. The number of halogens is 2. The molecule has 1 aromatic rings. The molecule has 0 saturated carbocycles. The van der Waals surface area contributed by atoms with Crippen LogP contribution >= 0.6 is 22.6 Å². The largest absolute Gasteiger partial charge is 0.383 e. The number of carbonyl (C=O) groups is 1. The van der Waals surface area contributed by atoms with E-state index in [4.69, 9.17) is 4.74 Å². The maximum atomic E-state index is 13.1. The Hall–Kier alpha value is -0.690.